The van der Waals surface area contributed by atoms with Gasteiger partial charge in [-0.25, -0.2) is 4.79 Å². The van der Waals surface area contributed by atoms with Crippen LogP contribution in [0.4, 0.5) is 0 Å². The monoisotopic (exact) mass is 684 g/mol. The largest absolute Gasteiger partial charge is 0.477 e. The molecule has 0 aromatic rings. The van der Waals surface area contributed by atoms with Crippen molar-refractivity contribution in [3.63, 3.8) is 0 Å². The second kappa shape index (κ2) is 31.8. The van der Waals surface area contributed by atoms with Crippen molar-refractivity contribution in [2.45, 2.75) is 116 Å². The van der Waals surface area contributed by atoms with Crippen molar-refractivity contribution in [3.05, 3.63) is 85.1 Å². The highest BCUT2D eigenvalue weighted by Gasteiger charge is 2.31. The Morgan fingerprint density at radius 1 is 0.633 bits per heavy atom. The molecule has 0 amide bonds. The van der Waals surface area contributed by atoms with Crippen molar-refractivity contribution >= 4 is 17.9 Å². The van der Waals surface area contributed by atoms with E-state index in [4.69, 9.17) is 14.2 Å². The quantitative estimate of drug-likeness (QED) is 0.0349. The number of likely N-dealkylation sites (N-methyl/N-ethyl adjacent to an activating group) is 1. The lowest BCUT2D eigenvalue weighted by Gasteiger charge is -2.31. The topological polar surface area (TPSA) is 99.1 Å². The number of ether oxygens (including phenoxy) is 3. The highest BCUT2D eigenvalue weighted by molar-refractivity contribution is 5.72. The van der Waals surface area contributed by atoms with Crippen molar-refractivity contribution in [2.75, 3.05) is 41.0 Å². The van der Waals surface area contributed by atoms with Crippen LogP contribution in [0.3, 0.4) is 0 Å². The maximum Gasteiger partial charge on any atom is 0.362 e. The molecular weight excluding hydrogens is 618 g/mol. The van der Waals surface area contributed by atoms with Crippen LogP contribution in [0.15, 0.2) is 85.1 Å². The summed E-state index contributed by atoms with van der Waals surface area (Å²) in [5.74, 6) is -1.68. The maximum absolute atomic E-state index is 12.6. The Morgan fingerprint density at radius 2 is 1.14 bits per heavy atom. The number of esters is 2. The first-order chi connectivity index (χ1) is 23.6. The average Bonchev–Trinajstić information content (AvgIpc) is 3.05. The van der Waals surface area contributed by atoms with Crippen molar-refractivity contribution in [1.82, 2.24) is 0 Å². The second-order valence-electron chi connectivity index (χ2n) is 12.7. The number of aliphatic carboxylic acids is 1. The number of unbranched alkanes of at least 4 members (excludes halogenated alkanes) is 3. The molecule has 0 saturated heterocycles. The zero-order chi connectivity index (χ0) is 36.4. The molecule has 2 unspecified atom stereocenters. The zero-order valence-corrected chi connectivity index (χ0v) is 31.1. The molecule has 0 aromatic heterocycles. The fraction of sp³-hybridized carbons (Fsp3) is 0.585. The van der Waals surface area contributed by atoms with Crippen LogP contribution in [0.25, 0.3) is 0 Å². The summed E-state index contributed by atoms with van der Waals surface area (Å²) in [5, 5.41) is 9.56. The average molecular weight is 685 g/mol. The van der Waals surface area contributed by atoms with Crippen LogP contribution in [0.2, 0.25) is 0 Å². The van der Waals surface area contributed by atoms with Gasteiger partial charge < -0.3 is 23.8 Å². The van der Waals surface area contributed by atoms with E-state index in [0.29, 0.717) is 12.8 Å². The molecule has 0 heterocycles. The summed E-state index contributed by atoms with van der Waals surface area (Å²) in [6, 6.07) is -0.634. The number of carboxylic acid groups (broad SMARTS) is 1. The van der Waals surface area contributed by atoms with Crippen molar-refractivity contribution in [3.8, 4) is 0 Å². The van der Waals surface area contributed by atoms with E-state index in [9.17, 15) is 19.5 Å². The van der Waals surface area contributed by atoms with Crippen LogP contribution < -0.4 is 0 Å². The summed E-state index contributed by atoms with van der Waals surface area (Å²) in [7, 11) is 5.46. The Kier molecular flexibility index (Phi) is 29.5. The fourth-order valence-electron chi connectivity index (χ4n) is 4.55. The molecule has 0 aliphatic rings. The van der Waals surface area contributed by atoms with E-state index in [0.717, 1.165) is 64.2 Å². The zero-order valence-electron chi connectivity index (χ0n) is 31.1. The molecule has 0 aromatic carbocycles. The van der Waals surface area contributed by atoms with E-state index in [1.54, 1.807) is 6.08 Å². The van der Waals surface area contributed by atoms with Gasteiger partial charge in [-0.1, -0.05) is 105 Å². The molecule has 0 aliphatic heterocycles. The predicted octanol–water partition coefficient (Wildman–Crippen LogP) is 9.01. The van der Waals surface area contributed by atoms with Crippen LogP contribution in [0.5, 0.6) is 0 Å². The van der Waals surface area contributed by atoms with Gasteiger partial charge in [0, 0.05) is 12.8 Å². The molecule has 8 heteroatoms. The Bertz CT molecular complexity index is 1080. The standard InChI is InChI=1S/C41H65NO7/c1-6-8-10-12-14-16-17-18-19-20-21-22-24-26-28-30-32-40(44)49-37(35-47-34-33-38(41(45)46)42(3,4)5)36-48-39(43)31-29-27-25-23-15-13-11-9-7-2/h8-11,14-16,18-19,21-23,27,29,37-38H,6-7,12-13,17,20,24-26,28,30-36H2,1-5H3/p+1/b10-8+,11-9+,16-14+,19-18+,22-21+,23-15+,29-27+. The number of quaternary nitrogens is 1. The van der Waals surface area contributed by atoms with Crippen LogP contribution in [0.1, 0.15) is 104 Å². The molecule has 2 atom stereocenters. The summed E-state index contributed by atoms with van der Waals surface area (Å²) in [6.45, 7) is 4.31. The number of carbonyl (C=O) groups is 3. The Labute approximate surface area is 297 Å². The minimum Gasteiger partial charge on any atom is -0.477 e. The summed E-state index contributed by atoms with van der Waals surface area (Å²) < 4.78 is 17.0. The molecule has 0 rings (SSSR count). The third-order valence-electron chi connectivity index (χ3n) is 7.32. The number of allylic oxidation sites excluding steroid dienone is 13. The Hall–Kier alpha value is -3.49. The van der Waals surface area contributed by atoms with E-state index in [-0.39, 0.29) is 43.1 Å². The highest BCUT2D eigenvalue weighted by atomic mass is 16.6. The Balaban J connectivity index is 4.59. The lowest BCUT2D eigenvalue weighted by Crippen LogP contribution is -2.50. The first-order valence-electron chi connectivity index (χ1n) is 18.1. The maximum atomic E-state index is 12.6. The molecule has 1 N–H and O–H groups in total. The van der Waals surface area contributed by atoms with E-state index in [1.807, 2.05) is 33.3 Å². The van der Waals surface area contributed by atoms with Gasteiger partial charge in [0.25, 0.3) is 0 Å². The number of hydrogen-bond donors (Lipinski definition) is 1. The minimum absolute atomic E-state index is 0.0153. The summed E-state index contributed by atoms with van der Waals surface area (Å²) in [6.07, 6.45) is 39.6. The number of nitrogens with zero attached hydrogens (tertiary/aromatic N) is 1. The van der Waals surface area contributed by atoms with E-state index < -0.39 is 24.1 Å². The molecule has 0 spiro atoms. The van der Waals surface area contributed by atoms with E-state index in [2.05, 4.69) is 80.7 Å². The smallest absolute Gasteiger partial charge is 0.362 e. The minimum atomic E-state index is -0.896. The molecule has 0 fully saturated rings. The molecule has 0 bridgehead atoms. The van der Waals surface area contributed by atoms with Gasteiger partial charge >= 0.3 is 17.9 Å². The van der Waals surface area contributed by atoms with Gasteiger partial charge in [-0.2, -0.15) is 0 Å². The first kappa shape index (κ1) is 45.5. The highest BCUT2D eigenvalue weighted by Crippen LogP contribution is 2.10. The molecule has 8 nitrogen and oxygen atoms in total. The summed E-state index contributed by atoms with van der Waals surface area (Å²) >= 11 is 0. The lowest BCUT2D eigenvalue weighted by atomic mass is 10.1. The van der Waals surface area contributed by atoms with Crippen LogP contribution in [-0.2, 0) is 28.6 Å². The van der Waals surface area contributed by atoms with Crippen LogP contribution >= 0.6 is 0 Å². The molecular formula is C41H66NO7+. The van der Waals surface area contributed by atoms with Crippen LogP contribution in [0, 0.1) is 0 Å². The number of hydrogen-bond acceptors (Lipinski definition) is 6. The molecule has 49 heavy (non-hydrogen) atoms. The van der Waals surface area contributed by atoms with Gasteiger partial charge in [-0.15, -0.1) is 0 Å². The fourth-order valence-corrected chi connectivity index (χ4v) is 4.55. The van der Waals surface area contributed by atoms with E-state index in [1.165, 1.54) is 0 Å². The second-order valence-corrected chi connectivity index (χ2v) is 12.7. The normalized spacial score (nSPS) is 14.1. The summed E-state index contributed by atoms with van der Waals surface area (Å²) in [4.78, 5) is 36.6. The lowest BCUT2D eigenvalue weighted by molar-refractivity contribution is -0.887. The SMILES string of the molecule is CC/C=C/C/C=C/C/C=C/C/C=C/CCCCCC(=O)OC(COCCC(C(=O)O)[N+](C)(C)C)COC(=O)C/C=C/C/C=C/C/C=C/CC. The first-order valence-corrected chi connectivity index (χ1v) is 18.1. The van der Waals surface area contributed by atoms with Gasteiger partial charge in [0.1, 0.15) is 6.61 Å². The van der Waals surface area contributed by atoms with Crippen LogP contribution in [-0.4, -0.2) is 80.6 Å². The van der Waals surface area contributed by atoms with Crippen molar-refractivity contribution in [1.29, 1.82) is 0 Å². The third kappa shape index (κ3) is 30.3. The van der Waals surface area contributed by atoms with Crippen molar-refractivity contribution in [2.24, 2.45) is 0 Å². The molecule has 276 valence electrons. The molecule has 0 radical (unpaired) electrons. The van der Waals surface area contributed by atoms with Gasteiger partial charge in [-0.05, 0) is 64.2 Å². The van der Waals surface area contributed by atoms with Crippen molar-refractivity contribution < 1.29 is 38.2 Å². The number of carboxylic acids is 1. The summed E-state index contributed by atoms with van der Waals surface area (Å²) in [5.41, 5.74) is 0. The number of carbonyl (C=O) groups excluding carboxylic acids is 2. The predicted molar refractivity (Wildman–Crippen MR) is 201 cm³/mol. The van der Waals surface area contributed by atoms with Gasteiger partial charge in [0.15, 0.2) is 12.1 Å². The van der Waals surface area contributed by atoms with Gasteiger partial charge in [0.05, 0.1) is 40.8 Å². The number of rotatable bonds is 30. The van der Waals surface area contributed by atoms with Gasteiger partial charge in [-0.3, -0.25) is 9.59 Å². The third-order valence-corrected chi connectivity index (χ3v) is 7.32. The molecule has 0 aliphatic carbocycles. The Morgan fingerprint density at radius 3 is 1.65 bits per heavy atom. The molecule has 0 saturated carbocycles. The van der Waals surface area contributed by atoms with E-state index >= 15 is 0 Å². The van der Waals surface area contributed by atoms with Gasteiger partial charge in [0.2, 0.25) is 0 Å².